The molecule has 1 aromatic rings. The van der Waals surface area contributed by atoms with E-state index >= 15 is 0 Å². The average Bonchev–Trinajstić information content (AvgIpc) is 2.37. The Morgan fingerprint density at radius 3 is 2.44 bits per heavy atom. The Kier molecular flexibility index (Phi) is 5.50. The number of likely N-dealkylation sites (N-methyl/N-ethyl adjacent to an activating group) is 1. The van der Waals surface area contributed by atoms with E-state index in [2.05, 4.69) is 5.32 Å². The molecule has 1 aromatic carbocycles. The van der Waals surface area contributed by atoms with E-state index in [9.17, 15) is 8.78 Å². The summed E-state index contributed by atoms with van der Waals surface area (Å²) in [6.07, 6.45) is 1.24. The van der Waals surface area contributed by atoms with Gasteiger partial charge in [0.2, 0.25) is 0 Å². The van der Waals surface area contributed by atoms with Gasteiger partial charge in [-0.05, 0) is 38.9 Å². The number of halogens is 2. The van der Waals surface area contributed by atoms with E-state index in [1.807, 2.05) is 6.92 Å². The minimum atomic E-state index is -0.700. The van der Waals surface area contributed by atoms with Gasteiger partial charge in [-0.1, -0.05) is 6.07 Å². The molecule has 2 N–H and O–H groups in total. The first kappa shape index (κ1) is 14.9. The molecule has 0 aromatic heterocycles. The molecule has 1 rings (SSSR count). The molecule has 5 heteroatoms. The molecule has 0 spiro atoms. The predicted molar refractivity (Wildman–Crippen MR) is 65.6 cm³/mol. The monoisotopic (exact) mass is 259 g/mol. The lowest BCUT2D eigenvalue weighted by molar-refractivity contribution is 0.162. The molecule has 3 nitrogen and oxygen atoms in total. The van der Waals surface area contributed by atoms with Crippen LogP contribution in [0.4, 0.5) is 8.78 Å². The lowest BCUT2D eigenvalue weighted by Gasteiger charge is -2.26. The van der Waals surface area contributed by atoms with Crippen molar-refractivity contribution < 1.29 is 18.6 Å². The summed E-state index contributed by atoms with van der Waals surface area (Å²) in [6.45, 7) is 2.07. The summed E-state index contributed by atoms with van der Waals surface area (Å²) in [4.78, 5) is 0. The summed E-state index contributed by atoms with van der Waals surface area (Å²) in [5.74, 6) is -1.74. The topological polar surface area (TPSA) is 41.5 Å². The van der Waals surface area contributed by atoms with Crippen molar-refractivity contribution in [1.29, 1.82) is 0 Å². The number of aliphatic hydroxyl groups is 1. The molecule has 102 valence electrons. The Balaban J connectivity index is 2.43. The molecular formula is C13H19F2NO2. The van der Waals surface area contributed by atoms with E-state index in [1.165, 1.54) is 6.07 Å². The van der Waals surface area contributed by atoms with Gasteiger partial charge in [0.15, 0.2) is 17.4 Å². The third-order valence-corrected chi connectivity index (χ3v) is 2.99. The smallest absolute Gasteiger partial charge is 0.190 e. The lowest BCUT2D eigenvalue weighted by Crippen LogP contribution is -2.43. The second-order valence-electron chi connectivity index (χ2n) is 4.47. The minimum Gasteiger partial charge on any atom is -0.488 e. The van der Waals surface area contributed by atoms with Gasteiger partial charge in [-0.25, -0.2) is 8.78 Å². The van der Waals surface area contributed by atoms with Crippen LogP contribution in [-0.2, 0) is 0 Å². The highest BCUT2D eigenvalue weighted by Gasteiger charge is 2.20. The van der Waals surface area contributed by atoms with Crippen LogP contribution in [0.1, 0.15) is 19.8 Å². The number of para-hydroxylation sites is 1. The SMILES string of the molecule is CNC(C)(CO)CCCOc1c(F)cccc1F. The third kappa shape index (κ3) is 3.92. The molecule has 0 bridgehead atoms. The Labute approximate surface area is 106 Å². The summed E-state index contributed by atoms with van der Waals surface area (Å²) in [7, 11) is 1.76. The Bertz CT molecular complexity index is 361. The van der Waals surface area contributed by atoms with Crippen LogP contribution in [0, 0.1) is 11.6 Å². The molecule has 1 atom stereocenters. The van der Waals surface area contributed by atoms with Crippen LogP contribution in [0.2, 0.25) is 0 Å². The Hall–Kier alpha value is -1.20. The number of ether oxygens (including phenoxy) is 1. The van der Waals surface area contributed by atoms with Crippen molar-refractivity contribution >= 4 is 0 Å². The number of aliphatic hydroxyl groups excluding tert-OH is 1. The van der Waals surface area contributed by atoms with Gasteiger partial charge in [0.05, 0.1) is 13.2 Å². The van der Waals surface area contributed by atoms with Crippen LogP contribution < -0.4 is 10.1 Å². The first-order valence-electron chi connectivity index (χ1n) is 5.89. The first-order valence-corrected chi connectivity index (χ1v) is 5.89. The van der Waals surface area contributed by atoms with Crippen molar-refractivity contribution in [3.05, 3.63) is 29.8 Å². The second-order valence-corrected chi connectivity index (χ2v) is 4.47. The Morgan fingerprint density at radius 1 is 1.33 bits per heavy atom. The summed E-state index contributed by atoms with van der Waals surface area (Å²) in [5.41, 5.74) is -0.392. The van der Waals surface area contributed by atoms with Crippen LogP contribution in [0.3, 0.4) is 0 Å². The van der Waals surface area contributed by atoms with Crippen molar-refractivity contribution in [1.82, 2.24) is 5.32 Å². The van der Waals surface area contributed by atoms with E-state index in [4.69, 9.17) is 9.84 Å². The maximum Gasteiger partial charge on any atom is 0.190 e. The number of benzene rings is 1. The van der Waals surface area contributed by atoms with Crippen molar-refractivity contribution in [2.24, 2.45) is 0 Å². The molecule has 0 aliphatic heterocycles. The van der Waals surface area contributed by atoms with E-state index in [-0.39, 0.29) is 19.0 Å². The lowest BCUT2D eigenvalue weighted by atomic mass is 9.97. The van der Waals surface area contributed by atoms with Gasteiger partial charge in [-0.2, -0.15) is 0 Å². The quantitative estimate of drug-likeness (QED) is 0.737. The van der Waals surface area contributed by atoms with Crippen LogP contribution in [0.15, 0.2) is 18.2 Å². The minimum absolute atomic E-state index is 0.00242. The van der Waals surface area contributed by atoms with Crippen molar-refractivity contribution in [3.63, 3.8) is 0 Å². The van der Waals surface area contributed by atoms with Crippen molar-refractivity contribution in [2.45, 2.75) is 25.3 Å². The molecule has 0 saturated heterocycles. The van der Waals surface area contributed by atoms with Gasteiger partial charge in [0.25, 0.3) is 0 Å². The van der Waals surface area contributed by atoms with Crippen LogP contribution in [0.25, 0.3) is 0 Å². The molecule has 0 aliphatic rings. The molecule has 0 radical (unpaired) electrons. The molecular weight excluding hydrogens is 240 g/mol. The fraction of sp³-hybridized carbons (Fsp3) is 0.538. The second kappa shape index (κ2) is 6.66. The van der Waals surface area contributed by atoms with Gasteiger partial charge < -0.3 is 15.2 Å². The maximum absolute atomic E-state index is 13.2. The van der Waals surface area contributed by atoms with E-state index in [1.54, 1.807) is 7.05 Å². The molecule has 0 saturated carbocycles. The molecule has 18 heavy (non-hydrogen) atoms. The fourth-order valence-corrected chi connectivity index (χ4v) is 1.54. The maximum atomic E-state index is 13.2. The summed E-state index contributed by atoms with van der Waals surface area (Å²) < 4.78 is 31.5. The highest BCUT2D eigenvalue weighted by atomic mass is 19.1. The van der Waals surface area contributed by atoms with E-state index in [0.717, 1.165) is 12.1 Å². The zero-order valence-corrected chi connectivity index (χ0v) is 10.7. The zero-order valence-electron chi connectivity index (χ0n) is 10.7. The van der Waals surface area contributed by atoms with Gasteiger partial charge in [-0.15, -0.1) is 0 Å². The number of rotatable bonds is 7. The number of nitrogens with one attached hydrogen (secondary N) is 1. The van der Waals surface area contributed by atoms with Gasteiger partial charge >= 0.3 is 0 Å². The zero-order chi connectivity index (χ0) is 13.6. The van der Waals surface area contributed by atoms with Crippen LogP contribution >= 0.6 is 0 Å². The third-order valence-electron chi connectivity index (χ3n) is 2.99. The average molecular weight is 259 g/mol. The summed E-state index contributed by atoms with van der Waals surface area (Å²) in [5, 5.41) is 12.2. The first-order chi connectivity index (χ1) is 8.52. The van der Waals surface area contributed by atoms with Crippen LogP contribution in [-0.4, -0.2) is 30.9 Å². The summed E-state index contributed by atoms with van der Waals surface area (Å²) >= 11 is 0. The molecule has 1 unspecified atom stereocenters. The van der Waals surface area contributed by atoms with Gasteiger partial charge in [0.1, 0.15) is 0 Å². The number of hydrogen-bond donors (Lipinski definition) is 2. The highest BCUT2D eigenvalue weighted by Crippen LogP contribution is 2.21. The van der Waals surface area contributed by atoms with Crippen molar-refractivity contribution in [3.8, 4) is 5.75 Å². The molecule has 0 aliphatic carbocycles. The van der Waals surface area contributed by atoms with E-state index in [0.29, 0.717) is 12.8 Å². The Morgan fingerprint density at radius 2 is 1.94 bits per heavy atom. The van der Waals surface area contributed by atoms with Gasteiger partial charge in [0, 0.05) is 5.54 Å². The highest BCUT2D eigenvalue weighted by molar-refractivity contribution is 5.25. The standard InChI is InChI=1S/C13H19F2NO2/c1-13(9-17,16-2)7-4-8-18-12-10(14)5-3-6-11(12)15/h3,5-6,16-17H,4,7-9H2,1-2H3. The van der Waals surface area contributed by atoms with Crippen molar-refractivity contribution in [2.75, 3.05) is 20.3 Å². The predicted octanol–water partition coefficient (Wildman–Crippen LogP) is 2.09. The molecule has 0 fully saturated rings. The largest absolute Gasteiger partial charge is 0.488 e. The number of hydrogen-bond acceptors (Lipinski definition) is 3. The summed E-state index contributed by atoms with van der Waals surface area (Å²) in [6, 6.07) is 3.61. The molecule has 0 amide bonds. The van der Waals surface area contributed by atoms with Crippen LogP contribution in [0.5, 0.6) is 5.75 Å². The normalized spacial score (nSPS) is 14.3. The van der Waals surface area contributed by atoms with Gasteiger partial charge in [-0.3, -0.25) is 0 Å². The fourth-order valence-electron chi connectivity index (χ4n) is 1.54. The molecule has 0 heterocycles. The van der Waals surface area contributed by atoms with E-state index < -0.39 is 17.2 Å².